The highest BCUT2D eigenvalue weighted by atomic mass is 19.3. The van der Waals surface area contributed by atoms with Crippen LogP contribution in [0.2, 0.25) is 0 Å². The molecule has 0 aliphatic rings. The number of halogens is 6. The molecule has 0 amide bonds. The van der Waals surface area contributed by atoms with Crippen molar-refractivity contribution in [3.8, 4) is 0 Å². The van der Waals surface area contributed by atoms with Crippen LogP contribution in [0.3, 0.4) is 0 Å². The Labute approximate surface area is 113 Å². The van der Waals surface area contributed by atoms with Gasteiger partial charge in [-0.1, -0.05) is 13.8 Å². The Kier molecular flexibility index (Phi) is 7.37. The highest BCUT2D eigenvalue weighted by Gasteiger charge is 2.44. The van der Waals surface area contributed by atoms with Gasteiger partial charge < -0.3 is 4.74 Å². The number of rotatable bonds is 9. The third-order valence-corrected chi connectivity index (χ3v) is 2.70. The fraction of sp³-hybridized carbons (Fsp3) is 0.917. The monoisotopic (exact) mass is 308 g/mol. The molecule has 0 saturated carbocycles. The third-order valence-electron chi connectivity index (χ3n) is 2.70. The minimum absolute atomic E-state index is 0.460. The van der Waals surface area contributed by atoms with Crippen LogP contribution in [0, 0.1) is 5.92 Å². The zero-order valence-electron chi connectivity index (χ0n) is 11.3. The molecule has 0 aromatic carbocycles. The summed E-state index contributed by atoms with van der Waals surface area (Å²) >= 11 is 0. The van der Waals surface area contributed by atoms with Gasteiger partial charge in [-0.3, -0.25) is 4.79 Å². The van der Waals surface area contributed by atoms with Gasteiger partial charge in [0.2, 0.25) is 6.43 Å². The molecule has 0 aromatic heterocycles. The maximum absolute atomic E-state index is 13.2. The van der Waals surface area contributed by atoms with E-state index < -0.39 is 56.0 Å². The van der Waals surface area contributed by atoms with E-state index >= 15 is 0 Å². The Morgan fingerprint density at radius 1 is 1.15 bits per heavy atom. The van der Waals surface area contributed by atoms with Crippen LogP contribution < -0.4 is 0 Å². The average molecular weight is 308 g/mol. The molecule has 0 heterocycles. The van der Waals surface area contributed by atoms with E-state index in [4.69, 9.17) is 0 Å². The molecule has 0 radical (unpaired) electrons. The van der Waals surface area contributed by atoms with Gasteiger partial charge in [0.05, 0.1) is 25.4 Å². The topological polar surface area (TPSA) is 26.3 Å². The lowest BCUT2D eigenvalue weighted by atomic mass is 10.0. The molecule has 0 rings (SSSR count). The van der Waals surface area contributed by atoms with E-state index in [-0.39, 0.29) is 0 Å². The van der Waals surface area contributed by atoms with Crippen molar-refractivity contribution in [3.63, 3.8) is 0 Å². The predicted octanol–water partition coefficient (Wildman–Crippen LogP) is 4.28. The van der Waals surface area contributed by atoms with E-state index in [0.717, 1.165) is 0 Å². The van der Waals surface area contributed by atoms with E-state index in [1.54, 1.807) is 6.92 Å². The van der Waals surface area contributed by atoms with Crippen LogP contribution in [-0.2, 0) is 9.53 Å². The second-order valence-electron chi connectivity index (χ2n) is 4.71. The second kappa shape index (κ2) is 7.73. The molecule has 1 unspecified atom stereocenters. The first-order valence-corrected chi connectivity index (χ1v) is 6.19. The highest BCUT2D eigenvalue weighted by Crippen LogP contribution is 2.36. The molecule has 120 valence electrons. The molecule has 0 spiro atoms. The lowest BCUT2D eigenvalue weighted by molar-refractivity contribution is -0.155. The molecule has 1 atom stereocenters. The van der Waals surface area contributed by atoms with Crippen molar-refractivity contribution in [2.45, 2.75) is 57.8 Å². The minimum atomic E-state index is -4.15. The fourth-order valence-corrected chi connectivity index (χ4v) is 1.37. The van der Waals surface area contributed by atoms with Gasteiger partial charge in [0.15, 0.2) is 0 Å². The average Bonchev–Trinajstić information content (AvgIpc) is 2.23. The number of hydrogen-bond donors (Lipinski definition) is 0. The smallest absolute Gasteiger partial charge is 0.308 e. The zero-order chi connectivity index (χ0) is 16.0. The first-order valence-electron chi connectivity index (χ1n) is 6.19. The largest absolute Gasteiger partial charge is 0.465 e. The van der Waals surface area contributed by atoms with Gasteiger partial charge in [-0.05, 0) is 6.42 Å². The number of carbonyl (C=O) groups excluding carboxylic acids is 1. The van der Waals surface area contributed by atoms with Crippen molar-refractivity contribution < 1.29 is 35.9 Å². The quantitative estimate of drug-likeness (QED) is 0.469. The van der Waals surface area contributed by atoms with E-state index in [1.165, 1.54) is 6.92 Å². The van der Waals surface area contributed by atoms with Crippen molar-refractivity contribution in [2.75, 3.05) is 6.61 Å². The molecule has 0 aromatic rings. The zero-order valence-corrected chi connectivity index (χ0v) is 11.3. The van der Waals surface area contributed by atoms with Crippen LogP contribution in [0.1, 0.15) is 39.5 Å². The normalized spacial score (nSPS) is 14.4. The summed E-state index contributed by atoms with van der Waals surface area (Å²) in [6.07, 6.45) is -7.90. The Morgan fingerprint density at radius 2 is 1.70 bits per heavy atom. The van der Waals surface area contributed by atoms with Crippen molar-refractivity contribution in [3.05, 3.63) is 0 Å². The standard InChI is InChI=1S/C12H18F6O2/c1-3-8(2)10(19)20-5-4-11(15,16)7-12(17,18)6-9(13)14/h8-9H,3-7H2,1-2H3. The fourth-order valence-electron chi connectivity index (χ4n) is 1.37. The molecule has 20 heavy (non-hydrogen) atoms. The van der Waals surface area contributed by atoms with Crippen molar-refractivity contribution in [2.24, 2.45) is 5.92 Å². The SMILES string of the molecule is CCC(C)C(=O)OCCC(F)(F)CC(F)(F)CC(F)F. The van der Waals surface area contributed by atoms with Gasteiger partial charge in [-0.25, -0.2) is 26.3 Å². The number of esters is 1. The minimum Gasteiger partial charge on any atom is -0.465 e. The molecule has 0 saturated heterocycles. The molecular formula is C12H18F6O2. The number of ether oxygens (including phenoxy) is 1. The van der Waals surface area contributed by atoms with Crippen LogP contribution in [0.4, 0.5) is 26.3 Å². The van der Waals surface area contributed by atoms with Gasteiger partial charge in [0.1, 0.15) is 0 Å². The van der Waals surface area contributed by atoms with E-state index in [0.29, 0.717) is 6.42 Å². The van der Waals surface area contributed by atoms with Crippen LogP contribution in [-0.4, -0.2) is 30.8 Å². The van der Waals surface area contributed by atoms with E-state index in [1.807, 2.05) is 0 Å². The van der Waals surface area contributed by atoms with Gasteiger partial charge in [-0.15, -0.1) is 0 Å². The number of carbonyl (C=O) groups is 1. The Morgan fingerprint density at radius 3 is 2.15 bits per heavy atom. The van der Waals surface area contributed by atoms with Crippen LogP contribution in [0.25, 0.3) is 0 Å². The molecule has 0 bridgehead atoms. The second-order valence-corrected chi connectivity index (χ2v) is 4.71. The summed E-state index contributed by atoms with van der Waals surface area (Å²) in [5.41, 5.74) is 0. The Balaban J connectivity index is 4.22. The maximum atomic E-state index is 13.2. The summed E-state index contributed by atoms with van der Waals surface area (Å²) in [5.74, 6) is -9.18. The molecular weight excluding hydrogens is 290 g/mol. The maximum Gasteiger partial charge on any atom is 0.308 e. The first-order chi connectivity index (χ1) is 8.99. The number of hydrogen-bond acceptors (Lipinski definition) is 2. The third kappa shape index (κ3) is 8.27. The van der Waals surface area contributed by atoms with Crippen molar-refractivity contribution >= 4 is 5.97 Å². The lowest BCUT2D eigenvalue weighted by Gasteiger charge is -2.23. The molecule has 8 heteroatoms. The lowest BCUT2D eigenvalue weighted by Crippen LogP contribution is -2.32. The summed E-state index contributed by atoms with van der Waals surface area (Å²) in [6, 6.07) is 0. The van der Waals surface area contributed by atoms with Crippen molar-refractivity contribution in [1.29, 1.82) is 0 Å². The molecule has 0 fully saturated rings. The Hall–Kier alpha value is -0.950. The molecule has 0 aliphatic heterocycles. The molecule has 0 N–H and O–H groups in total. The van der Waals surface area contributed by atoms with Crippen LogP contribution in [0.15, 0.2) is 0 Å². The van der Waals surface area contributed by atoms with Crippen LogP contribution in [0.5, 0.6) is 0 Å². The first kappa shape index (κ1) is 19.1. The van der Waals surface area contributed by atoms with Gasteiger partial charge in [0.25, 0.3) is 11.8 Å². The highest BCUT2D eigenvalue weighted by molar-refractivity contribution is 5.71. The Bertz CT molecular complexity index is 306. The predicted molar refractivity (Wildman–Crippen MR) is 60.2 cm³/mol. The summed E-state index contributed by atoms with van der Waals surface area (Å²) in [7, 11) is 0. The van der Waals surface area contributed by atoms with Gasteiger partial charge >= 0.3 is 5.97 Å². The molecule has 0 aliphatic carbocycles. The number of alkyl halides is 6. The summed E-state index contributed by atoms with van der Waals surface area (Å²) in [6.45, 7) is 2.52. The van der Waals surface area contributed by atoms with E-state index in [2.05, 4.69) is 4.74 Å². The van der Waals surface area contributed by atoms with Crippen molar-refractivity contribution in [1.82, 2.24) is 0 Å². The van der Waals surface area contributed by atoms with Gasteiger partial charge in [0, 0.05) is 6.42 Å². The summed E-state index contributed by atoms with van der Waals surface area (Å²) in [5, 5.41) is 0. The summed E-state index contributed by atoms with van der Waals surface area (Å²) in [4.78, 5) is 11.2. The van der Waals surface area contributed by atoms with Gasteiger partial charge in [-0.2, -0.15) is 0 Å². The molecule has 2 nitrogen and oxygen atoms in total. The van der Waals surface area contributed by atoms with Crippen LogP contribution >= 0.6 is 0 Å². The summed E-state index contributed by atoms with van der Waals surface area (Å²) < 4.78 is 80.2. The van der Waals surface area contributed by atoms with E-state index in [9.17, 15) is 31.1 Å².